The molecule has 0 aliphatic carbocycles. The number of para-hydroxylation sites is 1. The van der Waals surface area contributed by atoms with E-state index in [1.54, 1.807) is 31.2 Å². The molecule has 0 radical (unpaired) electrons. The van der Waals surface area contributed by atoms with Gasteiger partial charge in [0, 0.05) is 0 Å². The molecule has 1 aromatic heterocycles. The van der Waals surface area contributed by atoms with Gasteiger partial charge >= 0.3 is 11.7 Å². The normalized spacial score (nSPS) is 14.7. The van der Waals surface area contributed by atoms with E-state index in [2.05, 4.69) is 10.3 Å². The maximum atomic E-state index is 12.6. The first kappa shape index (κ1) is 18.4. The molecule has 0 spiro atoms. The van der Waals surface area contributed by atoms with Gasteiger partial charge in [-0.1, -0.05) is 32.4 Å². The van der Waals surface area contributed by atoms with E-state index in [-0.39, 0.29) is 11.3 Å². The van der Waals surface area contributed by atoms with Crippen molar-refractivity contribution in [2.24, 2.45) is 5.92 Å². The molecule has 3 N–H and O–H groups in total. The number of hydrogen-bond donors (Lipinski definition) is 3. The summed E-state index contributed by atoms with van der Waals surface area (Å²) in [4.78, 5) is 51.1. The number of carboxylic acid groups (broad SMARTS) is 1. The van der Waals surface area contributed by atoms with Crippen molar-refractivity contribution in [1.82, 2.24) is 14.9 Å². The molecule has 0 aliphatic heterocycles. The minimum absolute atomic E-state index is 0.276. The van der Waals surface area contributed by atoms with Crippen molar-refractivity contribution in [3.63, 3.8) is 0 Å². The quantitative estimate of drug-likeness (QED) is 0.716. The minimum Gasteiger partial charge on any atom is -0.480 e. The van der Waals surface area contributed by atoms with E-state index in [0.717, 1.165) is 4.57 Å². The van der Waals surface area contributed by atoms with Crippen molar-refractivity contribution in [2.45, 2.75) is 39.3 Å². The molecule has 0 aliphatic rings. The lowest BCUT2D eigenvalue weighted by Crippen LogP contribution is -2.50. The molecule has 134 valence electrons. The van der Waals surface area contributed by atoms with Crippen molar-refractivity contribution in [1.29, 1.82) is 0 Å². The number of carboxylic acids is 1. The number of rotatable bonds is 6. The molecule has 0 bridgehead atoms. The van der Waals surface area contributed by atoms with E-state index >= 15 is 0 Å². The Hall–Kier alpha value is -2.90. The van der Waals surface area contributed by atoms with E-state index in [4.69, 9.17) is 0 Å². The molecule has 1 heterocycles. The number of carbonyl (C=O) groups excluding carboxylic acids is 1. The Morgan fingerprint density at radius 1 is 1.24 bits per heavy atom. The maximum absolute atomic E-state index is 12.6. The Balaban J connectivity index is 2.40. The first-order valence-electron chi connectivity index (χ1n) is 8.04. The van der Waals surface area contributed by atoms with E-state index in [1.165, 1.54) is 6.92 Å². The monoisotopic (exact) mass is 347 g/mol. The van der Waals surface area contributed by atoms with Crippen molar-refractivity contribution in [3.05, 3.63) is 45.1 Å². The lowest BCUT2D eigenvalue weighted by Gasteiger charge is -2.22. The summed E-state index contributed by atoms with van der Waals surface area (Å²) in [5.41, 5.74) is -0.941. The first-order chi connectivity index (χ1) is 11.8. The second-order valence-corrected chi connectivity index (χ2v) is 6.04. The van der Waals surface area contributed by atoms with Crippen LogP contribution in [-0.4, -0.2) is 32.6 Å². The molecule has 3 atom stereocenters. The van der Waals surface area contributed by atoms with Gasteiger partial charge in [0.25, 0.3) is 5.56 Å². The Kier molecular flexibility index (Phi) is 5.41. The van der Waals surface area contributed by atoms with Gasteiger partial charge in [0.15, 0.2) is 0 Å². The molecule has 8 nitrogen and oxygen atoms in total. The van der Waals surface area contributed by atoms with Crippen LogP contribution in [0, 0.1) is 5.92 Å². The summed E-state index contributed by atoms with van der Waals surface area (Å²) < 4.78 is 0.799. The molecule has 1 amide bonds. The summed E-state index contributed by atoms with van der Waals surface area (Å²) in [6.07, 6.45) is 0.558. The van der Waals surface area contributed by atoms with Crippen LogP contribution in [0.4, 0.5) is 0 Å². The summed E-state index contributed by atoms with van der Waals surface area (Å²) >= 11 is 0. The van der Waals surface area contributed by atoms with Crippen molar-refractivity contribution < 1.29 is 14.7 Å². The molecule has 0 saturated heterocycles. The molecule has 0 saturated carbocycles. The smallest absolute Gasteiger partial charge is 0.329 e. The Labute approximate surface area is 143 Å². The van der Waals surface area contributed by atoms with Crippen LogP contribution in [0.3, 0.4) is 0 Å². The highest BCUT2D eigenvalue weighted by atomic mass is 16.4. The number of hydrogen-bond acceptors (Lipinski definition) is 4. The Morgan fingerprint density at radius 3 is 2.48 bits per heavy atom. The first-order valence-corrected chi connectivity index (χ1v) is 8.04. The van der Waals surface area contributed by atoms with Gasteiger partial charge in [-0.05, 0) is 25.0 Å². The molecule has 3 unspecified atom stereocenters. The number of H-pyrrole nitrogens is 1. The molecular formula is C17H21N3O5. The van der Waals surface area contributed by atoms with Crippen molar-refractivity contribution in [2.75, 3.05) is 0 Å². The van der Waals surface area contributed by atoms with Crippen LogP contribution in [-0.2, 0) is 9.59 Å². The SMILES string of the molecule is CCC(C)C(NC(=O)C(C)n1c(=O)[nH]c2ccccc2c1=O)C(=O)O. The zero-order valence-electron chi connectivity index (χ0n) is 14.3. The van der Waals surface area contributed by atoms with Crippen LogP contribution in [0.5, 0.6) is 0 Å². The van der Waals surface area contributed by atoms with E-state index in [9.17, 15) is 24.3 Å². The third-order valence-electron chi connectivity index (χ3n) is 4.38. The van der Waals surface area contributed by atoms with Gasteiger partial charge in [-0.15, -0.1) is 0 Å². The van der Waals surface area contributed by atoms with E-state index in [1.807, 2.05) is 6.92 Å². The second-order valence-electron chi connectivity index (χ2n) is 6.04. The predicted molar refractivity (Wildman–Crippen MR) is 92.6 cm³/mol. The number of benzene rings is 1. The second kappa shape index (κ2) is 7.33. The van der Waals surface area contributed by atoms with Crippen molar-refractivity contribution in [3.8, 4) is 0 Å². The number of aromatic amines is 1. The predicted octanol–water partition coefficient (Wildman–Crippen LogP) is 0.866. The highest BCUT2D eigenvalue weighted by Crippen LogP contribution is 2.11. The minimum atomic E-state index is -1.16. The summed E-state index contributed by atoms with van der Waals surface area (Å²) in [5, 5.41) is 12.0. The fourth-order valence-corrected chi connectivity index (χ4v) is 2.60. The number of fused-ring (bicyclic) bond motifs is 1. The van der Waals surface area contributed by atoms with Crippen molar-refractivity contribution >= 4 is 22.8 Å². The van der Waals surface area contributed by atoms with Gasteiger partial charge in [0.2, 0.25) is 5.91 Å². The van der Waals surface area contributed by atoms with Crippen LogP contribution in [0.1, 0.15) is 33.2 Å². The van der Waals surface area contributed by atoms with Crippen LogP contribution < -0.4 is 16.6 Å². The lowest BCUT2D eigenvalue weighted by molar-refractivity contribution is -0.143. The number of nitrogens with one attached hydrogen (secondary N) is 2. The number of aromatic nitrogens is 2. The maximum Gasteiger partial charge on any atom is 0.329 e. The largest absolute Gasteiger partial charge is 0.480 e. The average Bonchev–Trinajstić information content (AvgIpc) is 2.58. The van der Waals surface area contributed by atoms with Gasteiger partial charge in [-0.3, -0.25) is 9.59 Å². The molecule has 2 rings (SSSR count). The van der Waals surface area contributed by atoms with Crippen LogP contribution >= 0.6 is 0 Å². The summed E-state index contributed by atoms with van der Waals surface area (Å²) in [6.45, 7) is 4.91. The third-order valence-corrected chi connectivity index (χ3v) is 4.38. The summed E-state index contributed by atoms with van der Waals surface area (Å²) in [7, 11) is 0. The number of aliphatic carboxylic acids is 1. The topological polar surface area (TPSA) is 121 Å². The number of amides is 1. The van der Waals surface area contributed by atoms with Gasteiger partial charge in [0.1, 0.15) is 12.1 Å². The average molecular weight is 347 g/mol. The molecular weight excluding hydrogens is 326 g/mol. The zero-order chi connectivity index (χ0) is 18.7. The Morgan fingerprint density at radius 2 is 1.88 bits per heavy atom. The molecule has 0 fully saturated rings. The Bertz CT molecular complexity index is 914. The van der Waals surface area contributed by atoms with Crippen LogP contribution in [0.25, 0.3) is 10.9 Å². The zero-order valence-corrected chi connectivity index (χ0v) is 14.3. The summed E-state index contributed by atoms with van der Waals surface area (Å²) in [6, 6.07) is 4.24. The van der Waals surface area contributed by atoms with Crippen LogP contribution in [0.15, 0.2) is 33.9 Å². The fraction of sp³-hybridized carbons (Fsp3) is 0.412. The van der Waals surface area contributed by atoms with E-state index in [0.29, 0.717) is 11.9 Å². The molecule has 8 heteroatoms. The fourth-order valence-electron chi connectivity index (χ4n) is 2.60. The molecule has 25 heavy (non-hydrogen) atoms. The third kappa shape index (κ3) is 3.62. The van der Waals surface area contributed by atoms with Gasteiger partial charge < -0.3 is 15.4 Å². The molecule has 1 aromatic carbocycles. The van der Waals surface area contributed by atoms with Gasteiger partial charge in [-0.2, -0.15) is 0 Å². The molecule has 2 aromatic rings. The van der Waals surface area contributed by atoms with E-state index < -0.39 is 35.2 Å². The number of carbonyl (C=O) groups is 2. The van der Waals surface area contributed by atoms with Crippen LogP contribution in [0.2, 0.25) is 0 Å². The van der Waals surface area contributed by atoms with Gasteiger partial charge in [-0.25, -0.2) is 14.2 Å². The lowest BCUT2D eigenvalue weighted by atomic mass is 9.99. The summed E-state index contributed by atoms with van der Waals surface area (Å²) in [5.74, 6) is -2.15. The van der Waals surface area contributed by atoms with Gasteiger partial charge in [0.05, 0.1) is 10.9 Å². The highest BCUT2D eigenvalue weighted by Gasteiger charge is 2.29. The highest BCUT2D eigenvalue weighted by molar-refractivity contribution is 5.86. The standard InChI is InChI=1S/C17H21N3O5/c1-4-9(2)13(16(23)24)19-14(21)10(3)20-15(22)11-7-5-6-8-12(11)18-17(20)25/h5-10,13H,4H2,1-3H3,(H,18,25)(H,19,21)(H,23,24). The number of nitrogens with zero attached hydrogens (tertiary/aromatic N) is 1.